The Labute approximate surface area is 103 Å². The van der Waals surface area contributed by atoms with Gasteiger partial charge in [-0.05, 0) is 33.6 Å². The molecule has 0 bridgehead atoms. The maximum atomic E-state index is 5.73. The lowest BCUT2D eigenvalue weighted by Gasteiger charge is -2.05. The summed E-state index contributed by atoms with van der Waals surface area (Å²) >= 11 is 0. The van der Waals surface area contributed by atoms with Crippen molar-refractivity contribution in [3.8, 4) is 0 Å². The minimum absolute atomic E-state index is 0.0203. The Morgan fingerprint density at radius 1 is 1.12 bits per heavy atom. The van der Waals surface area contributed by atoms with Crippen molar-refractivity contribution in [2.75, 3.05) is 19.8 Å². The van der Waals surface area contributed by atoms with Gasteiger partial charge in [0.2, 0.25) is 0 Å². The van der Waals surface area contributed by atoms with Crippen LogP contribution >= 0.6 is 0 Å². The Kier molecular flexibility index (Phi) is 2.74. The molecule has 3 rings (SSSR count). The van der Waals surface area contributed by atoms with Crippen LogP contribution < -0.4 is 0 Å². The Morgan fingerprint density at radius 3 is 2.41 bits per heavy atom. The van der Waals surface area contributed by atoms with Gasteiger partial charge in [-0.25, -0.2) is 0 Å². The average Bonchev–Trinajstić information content (AvgIpc) is 3.12. The van der Waals surface area contributed by atoms with Gasteiger partial charge in [-0.2, -0.15) is 0 Å². The van der Waals surface area contributed by atoms with Gasteiger partial charge in [-0.1, -0.05) is 0 Å². The van der Waals surface area contributed by atoms with Gasteiger partial charge in [0.05, 0.1) is 37.1 Å². The molecule has 0 spiro atoms. The predicted octanol–water partition coefficient (Wildman–Crippen LogP) is 1.52. The molecular weight excluding hydrogens is 220 g/mol. The molecule has 4 heteroatoms. The predicted molar refractivity (Wildman–Crippen MR) is 62.0 cm³/mol. The Balaban J connectivity index is 1.31. The highest BCUT2D eigenvalue weighted by molar-refractivity contribution is 5.02. The van der Waals surface area contributed by atoms with E-state index in [1.165, 1.54) is 0 Å². The third-order valence-electron chi connectivity index (χ3n) is 4.08. The van der Waals surface area contributed by atoms with Crippen molar-refractivity contribution in [2.24, 2.45) is 0 Å². The molecule has 0 N–H and O–H groups in total. The van der Waals surface area contributed by atoms with Crippen LogP contribution in [0, 0.1) is 0 Å². The van der Waals surface area contributed by atoms with E-state index >= 15 is 0 Å². The molecule has 0 saturated carbocycles. The van der Waals surface area contributed by atoms with E-state index < -0.39 is 0 Å². The van der Waals surface area contributed by atoms with E-state index in [0.29, 0.717) is 25.4 Å². The second kappa shape index (κ2) is 3.92. The number of hydrogen-bond acceptors (Lipinski definition) is 4. The van der Waals surface area contributed by atoms with Gasteiger partial charge < -0.3 is 18.9 Å². The molecule has 0 aromatic heterocycles. The molecule has 3 saturated heterocycles. The molecule has 0 amide bonds. The summed E-state index contributed by atoms with van der Waals surface area (Å²) in [5.74, 6) is 0. The first-order valence-electron chi connectivity index (χ1n) is 6.55. The van der Waals surface area contributed by atoms with Gasteiger partial charge in [0.15, 0.2) is 0 Å². The highest BCUT2D eigenvalue weighted by Crippen LogP contribution is 2.45. The van der Waals surface area contributed by atoms with Crippen molar-refractivity contribution in [1.82, 2.24) is 0 Å². The maximum absolute atomic E-state index is 5.73. The van der Waals surface area contributed by atoms with Crippen LogP contribution in [0.5, 0.6) is 0 Å². The van der Waals surface area contributed by atoms with Crippen LogP contribution in [0.25, 0.3) is 0 Å². The number of hydrogen-bond donors (Lipinski definition) is 0. The van der Waals surface area contributed by atoms with Crippen LogP contribution in [0.3, 0.4) is 0 Å². The largest absolute Gasteiger partial charge is 0.376 e. The maximum Gasteiger partial charge on any atom is 0.110 e. The molecule has 4 atom stereocenters. The number of ether oxygens (including phenoxy) is 4. The molecule has 3 fully saturated rings. The molecule has 4 nitrogen and oxygen atoms in total. The summed E-state index contributed by atoms with van der Waals surface area (Å²) in [5.41, 5.74) is 0.118. The molecular formula is C13H22O4. The summed E-state index contributed by atoms with van der Waals surface area (Å²) < 4.78 is 22.0. The number of epoxide rings is 3. The van der Waals surface area contributed by atoms with Crippen LogP contribution in [0.15, 0.2) is 0 Å². The van der Waals surface area contributed by atoms with Crippen LogP contribution in [-0.4, -0.2) is 49.3 Å². The molecule has 0 aliphatic carbocycles. The molecule has 0 radical (unpaired) electrons. The fourth-order valence-electron chi connectivity index (χ4n) is 2.35. The van der Waals surface area contributed by atoms with Gasteiger partial charge in [-0.3, -0.25) is 0 Å². The SMILES string of the molecule is CC1(C)OC1CCC1(C)OC1COCC1CO1. The topological polar surface area (TPSA) is 46.8 Å². The summed E-state index contributed by atoms with van der Waals surface area (Å²) in [4.78, 5) is 0. The van der Waals surface area contributed by atoms with E-state index in [4.69, 9.17) is 18.9 Å². The lowest BCUT2D eigenvalue weighted by molar-refractivity contribution is 0.102. The molecule has 3 aliphatic rings. The molecule has 17 heavy (non-hydrogen) atoms. The first-order chi connectivity index (χ1) is 8.00. The van der Waals surface area contributed by atoms with Crippen molar-refractivity contribution < 1.29 is 18.9 Å². The summed E-state index contributed by atoms with van der Waals surface area (Å²) in [6.07, 6.45) is 3.19. The van der Waals surface area contributed by atoms with Gasteiger partial charge in [0.1, 0.15) is 12.2 Å². The third-order valence-corrected chi connectivity index (χ3v) is 4.08. The molecule has 0 aromatic carbocycles. The Bertz CT molecular complexity index is 300. The summed E-state index contributed by atoms with van der Waals surface area (Å²) in [6.45, 7) is 8.73. The van der Waals surface area contributed by atoms with Crippen molar-refractivity contribution >= 4 is 0 Å². The normalized spacial score (nSPS) is 45.7. The molecule has 98 valence electrons. The van der Waals surface area contributed by atoms with E-state index in [1.54, 1.807) is 0 Å². The van der Waals surface area contributed by atoms with E-state index in [1.807, 2.05) is 0 Å². The van der Waals surface area contributed by atoms with Crippen LogP contribution in [0.1, 0.15) is 33.6 Å². The van der Waals surface area contributed by atoms with Gasteiger partial charge in [0, 0.05) is 0 Å². The van der Waals surface area contributed by atoms with Crippen molar-refractivity contribution in [2.45, 2.75) is 63.1 Å². The second-order valence-electron chi connectivity index (χ2n) is 6.16. The quantitative estimate of drug-likeness (QED) is 0.635. The number of rotatable bonds is 7. The van der Waals surface area contributed by atoms with E-state index in [9.17, 15) is 0 Å². The average molecular weight is 242 g/mol. The zero-order chi connectivity index (χ0) is 12.1. The monoisotopic (exact) mass is 242 g/mol. The fraction of sp³-hybridized carbons (Fsp3) is 1.00. The Hall–Kier alpha value is -0.160. The fourth-order valence-corrected chi connectivity index (χ4v) is 2.35. The Morgan fingerprint density at radius 2 is 1.82 bits per heavy atom. The minimum Gasteiger partial charge on any atom is -0.376 e. The highest BCUT2D eigenvalue weighted by atomic mass is 16.6. The summed E-state index contributed by atoms with van der Waals surface area (Å²) in [5, 5.41) is 0. The third kappa shape index (κ3) is 2.81. The van der Waals surface area contributed by atoms with Gasteiger partial charge in [0.25, 0.3) is 0 Å². The molecule has 3 heterocycles. The second-order valence-corrected chi connectivity index (χ2v) is 6.16. The van der Waals surface area contributed by atoms with Crippen molar-refractivity contribution in [3.63, 3.8) is 0 Å². The zero-order valence-electron chi connectivity index (χ0n) is 10.9. The summed E-state index contributed by atoms with van der Waals surface area (Å²) in [6, 6.07) is 0. The highest BCUT2D eigenvalue weighted by Gasteiger charge is 2.55. The lowest BCUT2D eigenvalue weighted by Crippen LogP contribution is -2.17. The standard InChI is InChI=1S/C13H22O4/c1-12(2)10(16-12)4-5-13(3)11(17-13)8-14-6-9-7-15-9/h9-11H,4-8H2,1-3H3. The van der Waals surface area contributed by atoms with Crippen molar-refractivity contribution in [3.05, 3.63) is 0 Å². The minimum atomic E-state index is 0.0203. The van der Waals surface area contributed by atoms with Crippen LogP contribution in [0.4, 0.5) is 0 Å². The lowest BCUT2D eigenvalue weighted by atomic mass is 9.97. The van der Waals surface area contributed by atoms with E-state index in [0.717, 1.165) is 19.4 Å². The first kappa shape index (κ1) is 11.9. The van der Waals surface area contributed by atoms with Gasteiger partial charge in [-0.15, -0.1) is 0 Å². The summed E-state index contributed by atoms with van der Waals surface area (Å²) in [7, 11) is 0. The smallest absolute Gasteiger partial charge is 0.110 e. The van der Waals surface area contributed by atoms with E-state index in [-0.39, 0.29) is 17.3 Å². The van der Waals surface area contributed by atoms with E-state index in [2.05, 4.69) is 20.8 Å². The molecule has 0 aromatic rings. The first-order valence-corrected chi connectivity index (χ1v) is 6.55. The molecule has 3 aliphatic heterocycles. The van der Waals surface area contributed by atoms with Crippen molar-refractivity contribution in [1.29, 1.82) is 0 Å². The van der Waals surface area contributed by atoms with Gasteiger partial charge >= 0.3 is 0 Å². The van der Waals surface area contributed by atoms with Crippen LogP contribution in [0.2, 0.25) is 0 Å². The van der Waals surface area contributed by atoms with Crippen LogP contribution in [-0.2, 0) is 18.9 Å². The zero-order valence-corrected chi connectivity index (χ0v) is 10.9. The molecule has 4 unspecified atom stereocenters.